The number of aromatic hydroxyl groups is 1. The van der Waals surface area contributed by atoms with Gasteiger partial charge in [-0.25, -0.2) is 4.39 Å². The highest BCUT2D eigenvalue weighted by molar-refractivity contribution is 5.62. The lowest BCUT2D eigenvalue weighted by Crippen LogP contribution is -1.99. The second-order valence-corrected chi connectivity index (χ2v) is 4.15. The summed E-state index contributed by atoms with van der Waals surface area (Å²) in [6.07, 6.45) is 0.822. The first kappa shape index (κ1) is 11.2. The van der Waals surface area contributed by atoms with Gasteiger partial charge < -0.3 is 14.4 Å². The van der Waals surface area contributed by atoms with E-state index in [-0.39, 0.29) is 23.1 Å². The average Bonchev–Trinajstić information content (AvgIpc) is 2.99. The summed E-state index contributed by atoms with van der Waals surface area (Å²) in [5.41, 5.74) is -0.0600. The van der Waals surface area contributed by atoms with Crippen LogP contribution in [-0.4, -0.2) is 28.5 Å². The quantitative estimate of drug-likeness (QED) is 0.883. The Morgan fingerprint density at radius 3 is 3.00 bits per heavy atom. The molecule has 0 aliphatic carbocycles. The van der Waals surface area contributed by atoms with Gasteiger partial charge in [-0.05, 0) is 18.6 Å². The molecular weight excluding hydrogens is 239 g/mol. The van der Waals surface area contributed by atoms with Gasteiger partial charge in [-0.15, -0.1) is 0 Å². The molecule has 0 spiro atoms. The zero-order chi connectivity index (χ0) is 12.5. The molecule has 1 unspecified atom stereocenters. The lowest BCUT2D eigenvalue weighted by Gasteiger charge is -2.00. The molecule has 1 aliphatic rings. The normalized spacial score (nSPS) is 19.3. The molecule has 0 radical (unpaired) electrons. The van der Waals surface area contributed by atoms with Crippen molar-refractivity contribution in [3.63, 3.8) is 0 Å². The van der Waals surface area contributed by atoms with Crippen LogP contribution in [0.4, 0.5) is 4.39 Å². The van der Waals surface area contributed by atoms with Crippen molar-refractivity contribution in [2.45, 2.75) is 12.3 Å². The summed E-state index contributed by atoms with van der Waals surface area (Å²) in [5, 5.41) is 13.4. The topological polar surface area (TPSA) is 68.4 Å². The number of rotatable bonds is 2. The number of halogens is 1. The Bertz CT molecular complexity index is 544. The summed E-state index contributed by atoms with van der Waals surface area (Å²) in [6, 6.07) is 4.02. The Morgan fingerprint density at radius 2 is 2.28 bits per heavy atom. The first-order chi connectivity index (χ1) is 8.75. The highest BCUT2D eigenvalue weighted by atomic mass is 19.1. The van der Waals surface area contributed by atoms with Crippen molar-refractivity contribution in [2.24, 2.45) is 0 Å². The Labute approximate surface area is 102 Å². The number of ether oxygens (including phenoxy) is 1. The van der Waals surface area contributed by atoms with Gasteiger partial charge in [0.1, 0.15) is 17.1 Å². The first-order valence-corrected chi connectivity index (χ1v) is 5.65. The molecule has 5 nitrogen and oxygen atoms in total. The van der Waals surface area contributed by atoms with Crippen molar-refractivity contribution in [1.29, 1.82) is 0 Å². The molecule has 0 bridgehead atoms. The number of aromatic nitrogens is 2. The van der Waals surface area contributed by atoms with Crippen LogP contribution < -0.4 is 0 Å². The summed E-state index contributed by atoms with van der Waals surface area (Å²) in [7, 11) is 0. The lowest BCUT2D eigenvalue weighted by molar-refractivity contribution is 0.192. The number of benzene rings is 1. The van der Waals surface area contributed by atoms with Gasteiger partial charge in [0.15, 0.2) is 5.82 Å². The largest absolute Gasteiger partial charge is 0.507 e. The number of phenolic OH excluding ortho intramolecular Hbond substituents is 1. The third-order valence-corrected chi connectivity index (χ3v) is 2.94. The summed E-state index contributed by atoms with van der Waals surface area (Å²) < 4.78 is 23.8. The van der Waals surface area contributed by atoms with Crippen molar-refractivity contribution in [2.75, 3.05) is 13.2 Å². The van der Waals surface area contributed by atoms with E-state index in [9.17, 15) is 9.50 Å². The van der Waals surface area contributed by atoms with Gasteiger partial charge in [0, 0.05) is 12.5 Å². The standard InChI is InChI=1S/C12H11FN2O3/c13-8-2-1-3-9(16)10(8)12-14-11(15-18-12)7-4-5-17-6-7/h1-3,7,16H,4-6H2. The third kappa shape index (κ3) is 1.84. The van der Waals surface area contributed by atoms with Gasteiger partial charge in [-0.1, -0.05) is 11.2 Å². The smallest absolute Gasteiger partial charge is 0.264 e. The molecule has 1 atom stereocenters. The monoisotopic (exact) mass is 250 g/mol. The van der Waals surface area contributed by atoms with Crippen LogP contribution in [-0.2, 0) is 4.74 Å². The Morgan fingerprint density at radius 1 is 1.39 bits per heavy atom. The highest BCUT2D eigenvalue weighted by Crippen LogP contribution is 2.32. The minimum atomic E-state index is -0.590. The molecular formula is C12H11FN2O3. The maximum atomic E-state index is 13.6. The van der Waals surface area contributed by atoms with Crippen LogP contribution in [0.1, 0.15) is 18.2 Å². The second kappa shape index (κ2) is 4.38. The van der Waals surface area contributed by atoms with Crippen molar-refractivity contribution >= 4 is 0 Å². The molecule has 1 aromatic heterocycles. The van der Waals surface area contributed by atoms with Gasteiger partial charge in [-0.2, -0.15) is 4.98 Å². The summed E-state index contributed by atoms with van der Waals surface area (Å²) >= 11 is 0. The fraction of sp³-hybridized carbons (Fsp3) is 0.333. The molecule has 1 N–H and O–H groups in total. The Hall–Kier alpha value is -1.95. The van der Waals surface area contributed by atoms with E-state index in [2.05, 4.69) is 10.1 Å². The number of nitrogens with zero attached hydrogens (tertiary/aromatic N) is 2. The lowest BCUT2D eigenvalue weighted by atomic mass is 10.1. The van der Waals surface area contributed by atoms with E-state index in [1.54, 1.807) is 0 Å². The molecule has 3 rings (SSSR count). The van der Waals surface area contributed by atoms with E-state index in [0.29, 0.717) is 19.0 Å². The number of hydrogen-bond acceptors (Lipinski definition) is 5. The van der Waals surface area contributed by atoms with Gasteiger partial charge in [0.25, 0.3) is 5.89 Å². The molecule has 1 fully saturated rings. The zero-order valence-electron chi connectivity index (χ0n) is 9.47. The van der Waals surface area contributed by atoms with Crippen LogP contribution in [0.2, 0.25) is 0 Å². The predicted molar refractivity (Wildman–Crippen MR) is 59.5 cm³/mol. The molecule has 0 saturated carbocycles. The SMILES string of the molecule is Oc1cccc(F)c1-c1nc(C2CCOC2)no1. The molecule has 18 heavy (non-hydrogen) atoms. The van der Waals surface area contributed by atoms with E-state index < -0.39 is 5.82 Å². The van der Waals surface area contributed by atoms with E-state index in [0.717, 1.165) is 6.42 Å². The van der Waals surface area contributed by atoms with E-state index in [4.69, 9.17) is 9.26 Å². The van der Waals surface area contributed by atoms with Crippen LogP contribution >= 0.6 is 0 Å². The number of hydrogen-bond donors (Lipinski definition) is 1. The number of phenols is 1. The molecule has 2 aromatic rings. The fourth-order valence-electron chi connectivity index (χ4n) is 1.96. The van der Waals surface area contributed by atoms with Gasteiger partial charge in [-0.3, -0.25) is 0 Å². The first-order valence-electron chi connectivity index (χ1n) is 5.65. The molecule has 94 valence electrons. The van der Waals surface area contributed by atoms with Crippen molar-refractivity contribution in [1.82, 2.24) is 10.1 Å². The molecule has 1 aliphatic heterocycles. The van der Waals surface area contributed by atoms with Crippen molar-refractivity contribution in [3.05, 3.63) is 29.8 Å². The third-order valence-electron chi connectivity index (χ3n) is 2.94. The van der Waals surface area contributed by atoms with Crippen LogP contribution in [0.25, 0.3) is 11.5 Å². The Kier molecular flexibility index (Phi) is 2.71. The van der Waals surface area contributed by atoms with Crippen LogP contribution in [0.5, 0.6) is 5.75 Å². The van der Waals surface area contributed by atoms with Crippen molar-refractivity contribution in [3.8, 4) is 17.2 Å². The van der Waals surface area contributed by atoms with Gasteiger partial charge >= 0.3 is 0 Å². The van der Waals surface area contributed by atoms with Gasteiger partial charge in [0.2, 0.25) is 0 Å². The molecule has 0 amide bonds. The minimum Gasteiger partial charge on any atom is -0.507 e. The van der Waals surface area contributed by atoms with Crippen LogP contribution in [0.15, 0.2) is 22.7 Å². The molecule has 1 aromatic carbocycles. The van der Waals surface area contributed by atoms with Crippen LogP contribution in [0.3, 0.4) is 0 Å². The second-order valence-electron chi connectivity index (χ2n) is 4.15. The minimum absolute atomic E-state index is 0.00694. The molecule has 6 heteroatoms. The highest BCUT2D eigenvalue weighted by Gasteiger charge is 2.25. The van der Waals surface area contributed by atoms with Gasteiger partial charge in [0.05, 0.1) is 6.61 Å². The molecule has 2 heterocycles. The maximum absolute atomic E-state index is 13.6. The van der Waals surface area contributed by atoms with E-state index >= 15 is 0 Å². The average molecular weight is 250 g/mol. The van der Waals surface area contributed by atoms with E-state index in [1.165, 1.54) is 18.2 Å². The maximum Gasteiger partial charge on any atom is 0.264 e. The Balaban J connectivity index is 1.97. The summed E-state index contributed by atoms with van der Waals surface area (Å²) in [6.45, 7) is 1.21. The van der Waals surface area contributed by atoms with Crippen molar-refractivity contribution < 1.29 is 18.8 Å². The predicted octanol–water partition coefficient (Wildman–Crippen LogP) is 2.09. The summed E-state index contributed by atoms with van der Waals surface area (Å²) in [4.78, 5) is 4.13. The van der Waals surface area contributed by atoms with E-state index in [1.807, 2.05) is 0 Å². The van der Waals surface area contributed by atoms with Crippen LogP contribution in [0, 0.1) is 5.82 Å². The summed E-state index contributed by atoms with van der Waals surface area (Å²) in [5.74, 6) is -0.241. The fourth-order valence-corrected chi connectivity index (χ4v) is 1.96. The zero-order valence-corrected chi connectivity index (χ0v) is 9.47. The molecule has 1 saturated heterocycles.